The Morgan fingerprint density at radius 3 is 2.58 bits per heavy atom. The number of aliphatic hydroxyl groups is 1. The molecule has 0 bridgehead atoms. The first-order valence-corrected chi connectivity index (χ1v) is 12.4. The second-order valence-electron chi connectivity index (χ2n) is 9.20. The van der Waals surface area contributed by atoms with Gasteiger partial charge in [0, 0.05) is 6.04 Å². The molecule has 1 aliphatic carbocycles. The van der Waals surface area contributed by atoms with Gasteiger partial charge in [-0.1, -0.05) is 51.2 Å². The van der Waals surface area contributed by atoms with Gasteiger partial charge >= 0.3 is 0 Å². The molecule has 0 saturated heterocycles. The van der Waals surface area contributed by atoms with E-state index in [0.29, 0.717) is 5.76 Å². The molecule has 3 heteroatoms. The quantitative estimate of drug-likeness (QED) is 0.386. The number of dihydropyridines is 1. The molecule has 0 amide bonds. The van der Waals surface area contributed by atoms with E-state index in [1.165, 1.54) is 67.2 Å². The van der Waals surface area contributed by atoms with Crippen molar-refractivity contribution in [1.29, 1.82) is 0 Å². The minimum atomic E-state index is 0.192. The number of unbranched alkanes of at least 4 members (excludes halogenated alkanes) is 4. The third kappa shape index (κ3) is 6.92. The lowest BCUT2D eigenvalue weighted by Gasteiger charge is -2.26. The van der Waals surface area contributed by atoms with Crippen molar-refractivity contribution in [3.63, 3.8) is 0 Å². The van der Waals surface area contributed by atoms with Gasteiger partial charge in [0.05, 0.1) is 12.3 Å². The lowest BCUT2D eigenvalue weighted by atomic mass is 9.93. The largest absolute Gasteiger partial charge is 0.506 e. The lowest BCUT2D eigenvalue weighted by molar-refractivity contribution is 0.304. The summed E-state index contributed by atoms with van der Waals surface area (Å²) in [5, 5.41) is 14.1. The zero-order valence-electron chi connectivity index (χ0n) is 19.8. The Kier molecular flexibility index (Phi) is 9.12. The number of hydrogen-bond acceptors (Lipinski definition) is 3. The van der Waals surface area contributed by atoms with Crippen molar-refractivity contribution in [2.75, 3.05) is 6.61 Å². The van der Waals surface area contributed by atoms with Crippen LogP contribution >= 0.6 is 0 Å². The first kappa shape index (κ1) is 23.5. The van der Waals surface area contributed by atoms with Gasteiger partial charge in [-0.15, -0.1) is 0 Å². The molecule has 31 heavy (non-hydrogen) atoms. The van der Waals surface area contributed by atoms with Crippen molar-refractivity contribution in [3.05, 3.63) is 64.1 Å². The van der Waals surface area contributed by atoms with Crippen LogP contribution < -0.4 is 10.1 Å². The molecule has 3 rings (SSSR count). The summed E-state index contributed by atoms with van der Waals surface area (Å²) in [6, 6.07) is 4.56. The van der Waals surface area contributed by atoms with E-state index < -0.39 is 0 Å². The maximum Gasteiger partial charge on any atom is 0.138 e. The van der Waals surface area contributed by atoms with E-state index in [1.54, 1.807) is 0 Å². The van der Waals surface area contributed by atoms with Gasteiger partial charge in [0.2, 0.25) is 0 Å². The minimum absolute atomic E-state index is 0.192. The summed E-state index contributed by atoms with van der Waals surface area (Å²) >= 11 is 0. The molecule has 1 aliphatic heterocycles. The van der Waals surface area contributed by atoms with Crippen LogP contribution in [0.3, 0.4) is 0 Å². The zero-order chi connectivity index (χ0) is 22.1. The number of ether oxygens (including phenoxy) is 1. The van der Waals surface area contributed by atoms with Crippen LogP contribution in [0.2, 0.25) is 0 Å². The third-order valence-electron chi connectivity index (χ3n) is 6.54. The van der Waals surface area contributed by atoms with Gasteiger partial charge < -0.3 is 15.2 Å². The average molecular weight is 424 g/mol. The summed E-state index contributed by atoms with van der Waals surface area (Å²) in [6.07, 6.45) is 19.4. The third-order valence-corrected chi connectivity index (χ3v) is 6.54. The molecular weight excluding hydrogens is 382 g/mol. The van der Waals surface area contributed by atoms with Gasteiger partial charge in [-0.05, 0) is 92.8 Å². The molecule has 3 nitrogen and oxygen atoms in total. The summed E-state index contributed by atoms with van der Waals surface area (Å²) in [5.74, 6) is 1.36. The van der Waals surface area contributed by atoms with Crippen LogP contribution in [0.4, 0.5) is 0 Å². The normalized spacial score (nSPS) is 19.1. The van der Waals surface area contributed by atoms with Crippen LogP contribution in [-0.4, -0.2) is 17.8 Å². The second-order valence-corrected chi connectivity index (χ2v) is 9.20. The second kappa shape index (κ2) is 12.0. The molecule has 1 unspecified atom stereocenters. The molecular formula is C28H41NO2. The van der Waals surface area contributed by atoms with Crippen molar-refractivity contribution in [3.8, 4) is 5.75 Å². The van der Waals surface area contributed by atoms with Crippen molar-refractivity contribution < 1.29 is 9.84 Å². The van der Waals surface area contributed by atoms with Crippen molar-refractivity contribution in [1.82, 2.24) is 5.32 Å². The highest BCUT2D eigenvalue weighted by molar-refractivity contribution is 5.44. The van der Waals surface area contributed by atoms with Gasteiger partial charge in [0.1, 0.15) is 11.5 Å². The van der Waals surface area contributed by atoms with Gasteiger partial charge in [0.25, 0.3) is 0 Å². The Balaban J connectivity index is 1.59. The summed E-state index contributed by atoms with van der Waals surface area (Å²) in [5.41, 5.74) is 6.15. The van der Waals surface area contributed by atoms with Crippen molar-refractivity contribution in [2.45, 2.75) is 97.4 Å². The fourth-order valence-electron chi connectivity index (χ4n) is 4.69. The summed E-state index contributed by atoms with van der Waals surface area (Å²) < 4.78 is 6.04. The van der Waals surface area contributed by atoms with Crippen molar-refractivity contribution >= 4 is 0 Å². The summed E-state index contributed by atoms with van der Waals surface area (Å²) in [7, 11) is 0. The number of benzene rings is 1. The molecule has 0 fully saturated rings. The average Bonchev–Trinajstić information content (AvgIpc) is 3.04. The molecule has 0 radical (unpaired) electrons. The number of nitrogens with one attached hydrogen (secondary N) is 1. The molecule has 0 spiro atoms. The summed E-state index contributed by atoms with van der Waals surface area (Å²) in [6.45, 7) is 7.42. The first-order chi connectivity index (χ1) is 15.1. The maximum absolute atomic E-state index is 10.5. The predicted molar refractivity (Wildman–Crippen MR) is 131 cm³/mol. The minimum Gasteiger partial charge on any atom is -0.506 e. The van der Waals surface area contributed by atoms with Gasteiger partial charge in [-0.25, -0.2) is 0 Å². The van der Waals surface area contributed by atoms with Crippen LogP contribution in [0, 0.1) is 13.8 Å². The Hall–Kier alpha value is -2.16. The highest BCUT2D eigenvalue weighted by atomic mass is 16.5. The van der Waals surface area contributed by atoms with E-state index in [4.69, 9.17) is 4.74 Å². The SMILES string of the molecule is CCCCCCCOc1cc(C)c(CC2C=CC(O)=C(C3=CCCCCC3)N2)c(C)c1. The van der Waals surface area contributed by atoms with E-state index in [-0.39, 0.29) is 6.04 Å². The Bertz CT molecular complexity index is 795. The molecule has 170 valence electrons. The van der Waals surface area contributed by atoms with Crippen LogP contribution in [0.1, 0.15) is 87.8 Å². The van der Waals surface area contributed by atoms with Crippen LogP contribution in [0.15, 0.2) is 47.4 Å². The smallest absolute Gasteiger partial charge is 0.138 e. The Labute approximate surface area is 189 Å². The predicted octanol–water partition coefficient (Wildman–Crippen LogP) is 7.38. The fourth-order valence-corrected chi connectivity index (χ4v) is 4.69. The molecule has 0 aromatic heterocycles. The number of rotatable bonds is 10. The topological polar surface area (TPSA) is 41.5 Å². The van der Waals surface area contributed by atoms with Crippen LogP contribution in [0.25, 0.3) is 0 Å². The number of allylic oxidation sites excluding steroid dienone is 3. The van der Waals surface area contributed by atoms with E-state index in [0.717, 1.165) is 43.7 Å². The van der Waals surface area contributed by atoms with Crippen molar-refractivity contribution in [2.24, 2.45) is 0 Å². The standard InChI is InChI=1S/C28H41NO2/c1-4-5-6-9-12-17-31-25-18-21(2)26(22(3)19-25)20-24-15-16-27(30)28(29-24)23-13-10-7-8-11-14-23/h13,15-16,18-19,24,29-30H,4-12,14,17,20H2,1-3H3. The molecule has 1 heterocycles. The number of aliphatic hydroxyl groups excluding tert-OH is 1. The zero-order valence-corrected chi connectivity index (χ0v) is 19.8. The van der Waals surface area contributed by atoms with Crippen LogP contribution in [0.5, 0.6) is 5.75 Å². The molecule has 2 aliphatic rings. The Morgan fingerprint density at radius 1 is 1.03 bits per heavy atom. The molecule has 1 aromatic carbocycles. The molecule has 1 atom stereocenters. The maximum atomic E-state index is 10.5. The van der Waals surface area contributed by atoms with E-state index >= 15 is 0 Å². The van der Waals surface area contributed by atoms with Crippen LogP contribution in [-0.2, 0) is 6.42 Å². The van der Waals surface area contributed by atoms with Gasteiger partial charge in [-0.3, -0.25) is 0 Å². The molecule has 1 aromatic rings. The lowest BCUT2D eigenvalue weighted by Crippen LogP contribution is -2.33. The van der Waals surface area contributed by atoms with E-state index in [9.17, 15) is 5.11 Å². The van der Waals surface area contributed by atoms with Gasteiger partial charge in [0.15, 0.2) is 0 Å². The fraction of sp³-hybridized carbons (Fsp3) is 0.571. The molecule has 0 saturated carbocycles. The Morgan fingerprint density at radius 2 is 1.81 bits per heavy atom. The van der Waals surface area contributed by atoms with E-state index in [1.807, 2.05) is 6.08 Å². The first-order valence-electron chi connectivity index (χ1n) is 12.4. The van der Waals surface area contributed by atoms with Gasteiger partial charge in [-0.2, -0.15) is 0 Å². The highest BCUT2D eigenvalue weighted by Crippen LogP contribution is 2.28. The monoisotopic (exact) mass is 423 g/mol. The highest BCUT2D eigenvalue weighted by Gasteiger charge is 2.20. The molecule has 2 N–H and O–H groups in total. The summed E-state index contributed by atoms with van der Waals surface area (Å²) in [4.78, 5) is 0. The number of aryl methyl sites for hydroxylation is 2. The van der Waals surface area contributed by atoms with E-state index in [2.05, 4.69) is 50.4 Å². The number of hydrogen-bond donors (Lipinski definition) is 2.